The van der Waals surface area contributed by atoms with Gasteiger partial charge in [0.1, 0.15) is 11.7 Å². The number of nitrogen functional groups attached to an aromatic ring is 1. The van der Waals surface area contributed by atoms with Gasteiger partial charge in [0.2, 0.25) is 0 Å². The summed E-state index contributed by atoms with van der Waals surface area (Å²) in [5.74, 6) is 0.389. The zero-order chi connectivity index (χ0) is 9.35. The molecule has 0 aliphatic rings. The van der Waals surface area contributed by atoms with Gasteiger partial charge in [-0.3, -0.25) is 0 Å². The van der Waals surface area contributed by atoms with Crippen LogP contribution in [0.25, 0.3) is 0 Å². The molecule has 0 radical (unpaired) electrons. The van der Waals surface area contributed by atoms with E-state index < -0.39 is 0 Å². The van der Waals surface area contributed by atoms with Crippen LogP contribution in [0.2, 0.25) is 0 Å². The summed E-state index contributed by atoms with van der Waals surface area (Å²) in [7, 11) is 0. The van der Waals surface area contributed by atoms with E-state index >= 15 is 0 Å². The van der Waals surface area contributed by atoms with Crippen LogP contribution in [-0.2, 0) is 5.54 Å². The fourth-order valence-corrected chi connectivity index (χ4v) is 0.976. The molecule has 66 valence electrons. The van der Waals surface area contributed by atoms with Gasteiger partial charge in [-0.05, 0) is 20.8 Å². The van der Waals surface area contributed by atoms with E-state index in [4.69, 9.17) is 5.73 Å². The third kappa shape index (κ3) is 1.64. The number of hydrogen-bond donors (Lipinski definition) is 2. The molecule has 0 saturated heterocycles. The monoisotopic (exact) mass is 168 g/mol. The van der Waals surface area contributed by atoms with Crippen molar-refractivity contribution in [1.29, 1.82) is 0 Å². The van der Waals surface area contributed by atoms with Crippen molar-refractivity contribution < 1.29 is 4.57 Å². The van der Waals surface area contributed by atoms with E-state index in [2.05, 4.69) is 4.98 Å². The molecule has 0 fully saturated rings. The number of rotatable bonds is 0. The van der Waals surface area contributed by atoms with E-state index in [0.29, 0.717) is 5.82 Å². The Morgan fingerprint density at radius 2 is 2.08 bits per heavy atom. The lowest BCUT2D eigenvalue weighted by Gasteiger charge is -2.14. The molecule has 4 heteroatoms. The minimum Gasteiger partial charge on any atom is -0.366 e. The molecule has 0 unspecified atom stereocenters. The predicted octanol–water partition coefficient (Wildman–Crippen LogP) is -0.000400. The summed E-state index contributed by atoms with van der Waals surface area (Å²) in [5, 5.41) is 0. The summed E-state index contributed by atoms with van der Waals surface area (Å²) in [6.07, 6.45) is 1.69. The summed E-state index contributed by atoms with van der Waals surface area (Å²) < 4.78 is 1.60. The zero-order valence-electron chi connectivity index (χ0n) is 7.59. The highest BCUT2D eigenvalue weighted by molar-refractivity contribution is 5.21. The van der Waals surface area contributed by atoms with Crippen LogP contribution >= 0.6 is 0 Å². The fourth-order valence-electron chi connectivity index (χ4n) is 0.976. The SMILES string of the molecule is CC(C)(C)[n+]1ccc(N)[nH]c1=O. The van der Waals surface area contributed by atoms with E-state index in [1.807, 2.05) is 20.8 Å². The number of nitrogens with one attached hydrogen (secondary N) is 1. The highest BCUT2D eigenvalue weighted by atomic mass is 16.1. The Kier molecular flexibility index (Phi) is 1.92. The van der Waals surface area contributed by atoms with Crippen molar-refractivity contribution in [3.8, 4) is 0 Å². The Morgan fingerprint density at radius 3 is 2.50 bits per heavy atom. The second-order valence-electron chi connectivity index (χ2n) is 3.74. The zero-order valence-corrected chi connectivity index (χ0v) is 7.59. The van der Waals surface area contributed by atoms with Crippen LogP contribution in [0.15, 0.2) is 17.1 Å². The molecule has 0 bridgehead atoms. The maximum absolute atomic E-state index is 11.3. The lowest BCUT2D eigenvalue weighted by atomic mass is 10.1. The molecular weight excluding hydrogens is 154 g/mol. The van der Waals surface area contributed by atoms with Gasteiger partial charge in [-0.1, -0.05) is 0 Å². The quantitative estimate of drug-likeness (QED) is 0.535. The molecular formula is C8H14N3O+. The number of anilines is 1. The van der Waals surface area contributed by atoms with Crippen molar-refractivity contribution >= 4 is 5.82 Å². The molecule has 3 N–H and O–H groups in total. The first-order valence-corrected chi connectivity index (χ1v) is 3.82. The lowest BCUT2D eigenvalue weighted by Crippen LogP contribution is -2.62. The average molecular weight is 168 g/mol. The van der Waals surface area contributed by atoms with Gasteiger partial charge < -0.3 is 5.73 Å². The van der Waals surface area contributed by atoms with Gasteiger partial charge in [0.15, 0.2) is 5.82 Å². The maximum Gasteiger partial charge on any atom is 0.497 e. The van der Waals surface area contributed by atoms with E-state index in [1.54, 1.807) is 16.8 Å². The first-order chi connectivity index (χ1) is 5.41. The van der Waals surface area contributed by atoms with Crippen LogP contribution in [0.1, 0.15) is 20.8 Å². The van der Waals surface area contributed by atoms with Gasteiger partial charge in [-0.25, -0.2) is 0 Å². The van der Waals surface area contributed by atoms with Crippen LogP contribution in [0.4, 0.5) is 5.82 Å². The van der Waals surface area contributed by atoms with Crippen molar-refractivity contribution in [2.24, 2.45) is 0 Å². The van der Waals surface area contributed by atoms with E-state index in [1.165, 1.54) is 0 Å². The predicted molar refractivity (Wildman–Crippen MR) is 46.7 cm³/mol. The summed E-state index contributed by atoms with van der Waals surface area (Å²) >= 11 is 0. The van der Waals surface area contributed by atoms with Gasteiger partial charge in [-0.15, -0.1) is 0 Å². The number of aromatic nitrogens is 2. The normalized spacial score (nSPS) is 11.6. The smallest absolute Gasteiger partial charge is 0.366 e. The average Bonchev–Trinajstić information content (AvgIpc) is 1.83. The van der Waals surface area contributed by atoms with Gasteiger partial charge >= 0.3 is 5.69 Å². The van der Waals surface area contributed by atoms with Crippen LogP contribution in [-0.4, -0.2) is 4.98 Å². The summed E-state index contributed by atoms with van der Waals surface area (Å²) in [6, 6.07) is 1.67. The third-order valence-corrected chi connectivity index (χ3v) is 1.60. The van der Waals surface area contributed by atoms with Crippen LogP contribution < -0.4 is 16.0 Å². The number of aromatic amines is 1. The van der Waals surface area contributed by atoms with Crippen LogP contribution in [0.5, 0.6) is 0 Å². The summed E-state index contributed by atoms with van der Waals surface area (Å²) in [5.41, 5.74) is 5.02. The molecule has 1 aromatic rings. The maximum atomic E-state index is 11.3. The lowest BCUT2D eigenvalue weighted by molar-refractivity contribution is -0.769. The Labute approximate surface area is 71.0 Å². The molecule has 4 nitrogen and oxygen atoms in total. The van der Waals surface area contributed by atoms with Gasteiger partial charge in [0.25, 0.3) is 0 Å². The minimum absolute atomic E-state index is 0.178. The first kappa shape index (κ1) is 8.77. The highest BCUT2D eigenvalue weighted by Crippen LogP contribution is 2.00. The van der Waals surface area contributed by atoms with Crippen molar-refractivity contribution in [3.05, 3.63) is 22.7 Å². The van der Waals surface area contributed by atoms with Gasteiger partial charge in [-0.2, -0.15) is 14.3 Å². The number of nitrogens with zero attached hydrogens (tertiary/aromatic N) is 1. The van der Waals surface area contributed by atoms with Crippen LogP contribution in [0.3, 0.4) is 0 Å². The molecule has 0 amide bonds. The van der Waals surface area contributed by atoms with E-state index in [-0.39, 0.29) is 11.2 Å². The summed E-state index contributed by atoms with van der Waals surface area (Å²) in [4.78, 5) is 13.8. The molecule has 12 heavy (non-hydrogen) atoms. The first-order valence-electron chi connectivity index (χ1n) is 3.82. The number of nitrogens with two attached hydrogens (primary N) is 1. The topological polar surface area (TPSA) is 62.8 Å². The van der Waals surface area contributed by atoms with Crippen molar-refractivity contribution in [1.82, 2.24) is 4.98 Å². The largest absolute Gasteiger partial charge is 0.497 e. The highest BCUT2D eigenvalue weighted by Gasteiger charge is 2.20. The molecule has 0 spiro atoms. The Bertz CT molecular complexity index is 335. The second kappa shape index (κ2) is 2.62. The van der Waals surface area contributed by atoms with Crippen molar-refractivity contribution in [2.75, 3.05) is 5.73 Å². The Balaban J connectivity index is 3.29. The molecule has 0 aliphatic carbocycles. The van der Waals surface area contributed by atoms with Crippen molar-refractivity contribution in [2.45, 2.75) is 26.3 Å². The standard InChI is InChI=1S/C8H13N3O/c1-8(2,3)11-5-4-6(9)10-7(11)12/h4-5H,1-3H3,(H2,9,10,12)/p+1. The number of hydrogen-bond acceptors (Lipinski definition) is 2. The fraction of sp³-hybridized carbons (Fsp3) is 0.500. The molecule has 0 aromatic carbocycles. The van der Waals surface area contributed by atoms with E-state index in [0.717, 1.165) is 0 Å². The Hall–Kier alpha value is -1.32. The van der Waals surface area contributed by atoms with Crippen molar-refractivity contribution in [3.63, 3.8) is 0 Å². The molecule has 1 heterocycles. The molecule has 0 saturated carbocycles. The van der Waals surface area contributed by atoms with E-state index in [9.17, 15) is 4.79 Å². The minimum atomic E-state index is -0.207. The van der Waals surface area contributed by atoms with Crippen LogP contribution in [0, 0.1) is 0 Å². The third-order valence-electron chi connectivity index (χ3n) is 1.60. The second-order valence-corrected chi connectivity index (χ2v) is 3.74. The molecule has 1 aromatic heterocycles. The molecule has 1 rings (SSSR count). The van der Waals surface area contributed by atoms with Gasteiger partial charge in [0.05, 0.1) is 0 Å². The molecule has 0 aliphatic heterocycles. The number of H-pyrrole nitrogens is 1. The molecule has 0 atom stereocenters. The van der Waals surface area contributed by atoms with Gasteiger partial charge in [0, 0.05) is 6.07 Å². The Morgan fingerprint density at radius 1 is 1.50 bits per heavy atom. The summed E-state index contributed by atoms with van der Waals surface area (Å²) in [6.45, 7) is 5.87.